The lowest BCUT2D eigenvalue weighted by Crippen LogP contribution is -2.31. The SMILES string of the molecule is COCCN(C)CC(N)c1ccc(C(C)C)cc1. The van der Waals surface area contributed by atoms with Crippen LogP contribution < -0.4 is 5.73 Å². The van der Waals surface area contributed by atoms with E-state index in [9.17, 15) is 0 Å². The zero-order valence-corrected chi connectivity index (χ0v) is 12.0. The number of nitrogens with two attached hydrogens (primary N) is 1. The van der Waals surface area contributed by atoms with Gasteiger partial charge in [-0.15, -0.1) is 0 Å². The van der Waals surface area contributed by atoms with Crippen molar-refractivity contribution in [3.63, 3.8) is 0 Å². The summed E-state index contributed by atoms with van der Waals surface area (Å²) in [7, 11) is 3.79. The van der Waals surface area contributed by atoms with Crippen molar-refractivity contribution in [1.29, 1.82) is 0 Å². The van der Waals surface area contributed by atoms with Gasteiger partial charge in [-0.05, 0) is 24.1 Å². The smallest absolute Gasteiger partial charge is 0.0589 e. The first-order chi connectivity index (χ1) is 8.54. The molecular formula is C15H26N2O. The molecule has 0 bridgehead atoms. The summed E-state index contributed by atoms with van der Waals surface area (Å²) in [6.45, 7) is 6.91. The van der Waals surface area contributed by atoms with Crippen LogP contribution in [-0.4, -0.2) is 38.8 Å². The predicted molar refractivity (Wildman–Crippen MR) is 76.8 cm³/mol. The van der Waals surface area contributed by atoms with E-state index in [1.54, 1.807) is 7.11 Å². The zero-order valence-electron chi connectivity index (χ0n) is 12.0. The molecule has 18 heavy (non-hydrogen) atoms. The van der Waals surface area contributed by atoms with Gasteiger partial charge in [-0.2, -0.15) is 0 Å². The molecule has 0 fully saturated rings. The van der Waals surface area contributed by atoms with Crippen LogP contribution in [0.4, 0.5) is 0 Å². The second kappa shape index (κ2) is 7.52. The summed E-state index contributed by atoms with van der Waals surface area (Å²) in [5.41, 5.74) is 8.77. The predicted octanol–water partition coefficient (Wildman–Crippen LogP) is 2.39. The molecule has 1 aromatic rings. The van der Waals surface area contributed by atoms with E-state index < -0.39 is 0 Å². The Bertz CT molecular complexity index is 335. The molecule has 0 aliphatic carbocycles. The summed E-state index contributed by atoms with van der Waals surface area (Å²) in [6, 6.07) is 8.70. The van der Waals surface area contributed by atoms with Crippen LogP contribution in [0, 0.1) is 0 Å². The Morgan fingerprint density at radius 1 is 1.17 bits per heavy atom. The molecular weight excluding hydrogens is 224 g/mol. The second-order valence-corrected chi connectivity index (χ2v) is 5.18. The molecule has 3 heteroatoms. The average Bonchev–Trinajstić information content (AvgIpc) is 2.36. The number of likely N-dealkylation sites (N-methyl/N-ethyl adjacent to an activating group) is 1. The van der Waals surface area contributed by atoms with Crippen molar-refractivity contribution in [1.82, 2.24) is 4.90 Å². The van der Waals surface area contributed by atoms with Crippen LogP contribution in [0.15, 0.2) is 24.3 Å². The Kier molecular flexibility index (Phi) is 6.33. The molecule has 1 rings (SSSR count). The van der Waals surface area contributed by atoms with Gasteiger partial charge in [-0.3, -0.25) is 0 Å². The fourth-order valence-electron chi connectivity index (χ4n) is 1.91. The zero-order chi connectivity index (χ0) is 13.5. The number of benzene rings is 1. The summed E-state index contributed by atoms with van der Waals surface area (Å²) in [4.78, 5) is 2.20. The molecule has 2 N–H and O–H groups in total. The van der Waals surface area contributed by atoms with Crippen LogP contribution in [0.25, 0.3) is 0 Å². The van der Waals surface area contributed by atoms with Crippen LogP contribution in [-0.2, 0) is 4.74 Å². The maximum Gasteiger partial charge on any atom is 0.0589 e. The lowest BCUT2D eigenvalue weighted by Gasteiger charge is -2.21. The minimum Gasteiger partial charge on any atom is -0.383 e. The summed E-state index contributed by atoms with van der Waals surface area (Å²) < 4.78 is 5.06. The van der Waals surface area contributed by atoms with Gasteiger partial charge < -0.3 is 15.4 Å². The number of hydrogen-bond donors (Lipinski definition) is 1. The van der Waals surface area contributed by atoms with Crippen LogP contribution in [0.3, 0.4) is 0 Å². The van der Waals surface area contributed by atoms with Gasteiger partial charge in [0.2, 0.25) is 0 Å². The standard InChI is InChI=1S/C15H26N2O/c1-12(2)13-5-7-14(8-6-13)15(16)11-17(3)9-10-18-4/h5-8,12,15H,9-11,16H2,1-4H3. The summed E-state index contributed by atoms with van der Waals surface area (Å²) in [5, 5.41) is 0. The molecule has 0 aliphatic heterocycles. The maximum atomic E-state index is 6.21. The lowest BCUT2D eigenvalue weighted by molar-refractivity contribution is 0.158. The van der Waals surface area contributed by atoms with Gasteiger partial charge in [-0.25, -0.2) is 0 Å². The van der Waals surface area contributed by atoms with Gasteiger partial charge in [0, 0.05) is 26.2 Å². The number of ether oxygens (including phenoxy) is 1. The van der Waals surface area contributed by atoms with E-state index in [4.69, 9.17) is 10.5 Å². The molecule has 0 heterocycles. The van der Waals surface area contributed by atoms with Gasteiger partial charge in [0.15, 0.2) is 0 Å². The highest BCUT2D eigenvalue weighted by molar-refractivity contribution is 5.26. The molecule has 1 unspecified atom stereocenters. The Morgan fingerprint density at radius 2 is 1.72 bits per heavy atom. The average molecular weight is 250 g/mol. The van der Waals surface area contributed by atoms with Crippen LogP contribution in [0.1, 0.15) is 36.9 Å². The molecule has 0 radical (unpaired) electrons. The summed E-state index contributed by atoms with van der Waals surface area (Å²) in [5.74, 6) is 0.569. The van der Waals surface area contributed by atoms with Crippen molar-refractivity contribution in [2.75, 3.05) is 33.9 Å². The quantitative estimate of drug-likeness (QED) is 0.807. The first-order valence-electron chi connectivity index (χ1n) is 6.57. The molecule has 1 aromatic carbocycles. The van der Waals surface area contributed by atoms with Crippen LogP contribution >= 0.6 is 0 Å². The highest BCUT2D eigenvalue weighted by Crippen LogP contribution is 2.18. The number of methoxy groups -OCH3 is 1. The molecule has 0 saturated heterocycles. The van der Waals surface area contributed by atoms with E-state index in [-0.39, 0.29) is 6.04 Å². The fourth-order valence-corrected chi connectivity index (χ4v) is 1.91. The van der Waals surface area contributed by atoms with E-state index in [2.05, 4.69) is 50.1 Å². The molecule has 3 nitrogen and oxygen atoms in total. The van der Waals surface area contributed by atoms with Crippen LogP contribution in [0.5, 0.6) is 0 Å². The van der Waals surface area contributed by atoms with Crippen molar-refractivity contribution < 1.29 is 4.74 Å². The molecule has 0 aromatic heterocycles. The third-order valence-electron chi connectivity index (χ3n) is 3.22. The van der Waals surface area contributed by atoms with E-state index in [1.165, 1.54) is 11.1 Å². The number of hydrogen-bond acceptors (Lipinski definition) is 3. The molecule has 0 amide bonds. The Balaban J connectivity index is 2.53. The summed E-state index contributed by atoms with van der Waals surface area (Å²) >= 11 is 0. The summed E-state index contributed by atoms with van der Waals surface area (Å²) in [6.07, 6.45) is 0. The molecule has 0 saturated carbocycles. The monoisotopic (exact) mass is 250 g/mol. The lowest BCUT2D eigenvalue weighted by atomic mass is 9.99. The minimum absolute atomic E-state index is 0.0630. The maximum absolute atomic E-state index is 6.21. The third kappa shape index (κ3) is 4.77. The van der Waals surface area contributed by atoms with Crippen molar-refractivity contribution in [2.45, 2.75) is 25.8 Å². The highest BCUT2D eigenvalue weighted by atomic mass is 16.5. The van der Waals surface area contributed by atoms with Gasteiger partial charge >= 0.3 is 0 Å². The normalized spacial score (nSPS) is 13.3. The van der Waals surface area contributed by atoms with Crippen molar-refractivity contribution in [3.05, 3.63) is 35.4 Å². The minimum atomic E-state index is 0.0630. The Labute approximate surface area is 111 Å². The van der Waals surface area contributed by atoms with Crippen molar-refractivity contribution >= 4 is 0 Å². The van der Waals surface area contributed by atoms with Gasteiger partial charge in [0.1, 0.15) is 0 Å². The number of rotatable bonds is 7. The first kappa shape index (κ1) is 15.2. The number of nitrogens with zero attached hydrogens (tertiary/aromatic N) is 1. The third-order valence-corrected chi connectivity index (χ3v) is 3.22. The molecule has 102 valence electrons. The van der Waals surface area contributed by atoms with E-state index in [0.29, 0.717) is 5.92 Å². The van der Waals surface area contributed by atoms with Crippen molar-refractivity contribution in [3.8, 4) is 0 Å². The topological polar surface area (TPSA) is 38.5 Å². The fraction of sp³-hybridized carbons (Fsp3) is 0.600. The molecule has 0 aliphatic rings. The Morgan fingerprint density at radius 3 is 2.22 bits per heavy atom. The van der Waals surface area contributed by atoms with Crippen molar-refractivity contribution in [2.24, 2.45) is 5.73 Å². The Hall–Kier alpha value is -0.900. The first-order valence-corrected chi connectivity index (χ1v) is 6.57. The van der Waals surface area contributed by atoms with Gasteiger partial charge in [-0.1, -0.05) is 38.1 Å². The van der Waals surface area contributed by atoms with Gasteiger partial charge in [0.05, 0.1) is 6.61 Å². The molecule has 1 atom stereocenters. The molecule has 0 spiro atoms. The second-order valence-electron chi connectivity index (χ2n) is 5.18. The van der Waals surface area contributed by atoms with E-state index >= 15 is 0 Å². The van der Waals surface area contributed by atoms with Gasteiger partial charge in [0.25, 0.3) is 0 Å². The van der Waals surface area contributed by atoms with Crippen LogP contribution in [0.2, 0.25) is 0 Å². The largest absolute Gasteiger partial charge is 0.383 e. The van der Waals surface area contributed by atoms with E-state index in [1.807, 2.05) is 0 Å². The highest BCUT2D eigenvalue weighted by Gasteiger charge is 2.09. The van der Waals surface area contributed by atoms with E-state index in [0.717, 1.165) is 19.7 Å².